The molecule has 0 aliphatic rings. The monoisotopic (exact) mass is 244 g/mol. The van der Waals surface area contributed by atoms with Crippen LogP contribution in [0.1, 0.15) is 45.2 Å². The Kier molecular flexibility index (Phi) is 4.91. The van der Waals surface area contributed by atoms with Crippen LogP contribution in [0.2, 0.25) is 0 Å². The fourth-order valence-electron chi connectivity index (χ4n) is 1.94. The zero-order valence-corrected chi connectivity index (χ0v) is 11.2. The number of benzene rings is 1. The molecule has 0 radical (unpaired) electrons. The normalized spacial score (nSPS) is 12.6. The van der Waals surface area contributed by atoms with Crippen molar-refractivity contribution < 1.29 is 4.79 Å². The average Bonchev–Trinajstić information content (AvgIpc) is 2.42. The fraction of sp³-hybridized carbons (Fsp3) is 0.467. The van der Waals surface area contributed by atoms with Gasteiger partial charge in [0.15, 0.2) is 0 Å². The van der Waals surface area contributed by atoms with Gasteiger partial charge in [-0.2, -0.15) is 5.26 Å². The first-order valence-electron chi connectivity index (χ1n) is 6.36. The Morgan fingerprint density at radius 1 is 1.33 bits per heavy atom. The molecule has 0 heterocycles. The van der Waals surface area contributed by atoms with Crippen LogP contribution < -0.4 is 5.32 Å². The predicted octanol–water partition coefficient (Wildman–Crippen LogP) is 3.19. The maximum atomic E-state index is 12.2. The molecule has 0 saturated carbocycles. The highest BCUT2D eigenvalue weighted by molar-refractivity contribution is 5.85. The summed E-state index contributed by atoms with van der Waals surface area (Å²) in [5.74, 6) is -0.175. The van der Waals surface area contributed by atoms with Gasteiger partial charge < -0.3 is 5.32 Å². The summed E-state index contributed by atoms with van der Waals surface area (Å²) in [6.45, 7) is 5.68. The molecular formula is C15H20N2O. The van der Waals surface area contributed by atoms with Crippen molar-refractivity contribution in [2.45, 2.75) is 39.7 Å². The van der Waals surface area contributed by atoms with Gasteiger partial charge in [-0.25, -0.2) is 0 Å². The van der Waals surface area contributed by atoms with Gasteiger partial charge in [0.05, 0.1) is 12.1 Å². The third kappa shape index (κ3) is 2.89. The molecule has 1 atom stereocenters. The summed E-state index contributed by atoms with van der Waals surface area (Å²) in [5, 5.41) is 12.1. The smallest absolute Gasteiger partial charge is 0.240 e. The Morgan fingerprint density at radius 2 is 1.89 bits per heavy atom. The van der Waals surface area contributed by atoms with Crippen molar-refractivity contribution in [3.8, 4) is 6.07 Å². The van der Waals surface area contributed by atoms with Gasteiger partial charge in [0.25, 0.3) is 0 Å². The lowest BCUT2D eigenvalue weighted by molar-refractivity contribution is -0.129. The number of amides is 1. The number of carbonyl (C=O) groups is 1. The summed E-state index contributed by atoms with van der Waals surface area (Å²) in [6.07, 6.45) is 1.07. The second-order valence-corrected chi connectivity index (χ2v) is 4.51. The van der Waals surface area contributed by atoms with Crippen LogP contribution in [0, 0.1) is 16.7 Å². The molecule has 96 valence electrons. The van der Waals surface area contributed by atoms with Gasteiger partial charge in [-0.1, -0.05) is 44.2 Å². The van der Waals surface area contributed by atoms with Crippen LogP contribution in [-0.2, 0) is 4.79 Å². The van der Waals surface area contributed by atoms with Gasteiger partial charge in [-0.15, -0.1) is 0 Å². The van der Waals surface area contributed by atoms with Crippen molar-refractivity contribution in [3.63, 3.8) is 0 Å². The Balaban J connectivity index is 2.79. The minimum Gasteiger partial charge on any atom is -0.348 e. The maximum absolute atomic E-state index is 12.2. The van der Waals surface area contributed by atoms with E-state index in [0.717, 1.165) is 5.56 Å². The summed E-state index contributed by atoms with van der Waals surface area (Å²) < 4.78 is 0. The molecule has 0 aliphatic carbocycles. The third-order valence-corrected chi connectivity index (χ3v) is 3.50. The molecule has 0 fully saturated rings. The number of carbonyl (C=O) groups excluding carboxylic acids is 1. The quantitative estimate of drug-likeness (QED) is 0.864. The van der Waals surface area contributed by atoms with Crippen LogP contribution >= 0.6 is 0 Å². The molecule has 3 nitrogen and oxygen atoms in total. The fourth-order valence-corrected chi connectivity index (χ4v) is 1.94. The standard InChI is InChI=1S/C15H20N2O/c1-4-15(5-2,11-16)14(18)17-12(3)13-9-7-6-8-10-13/h6-10,12H,4-5H2,1-3H3,(H,17,18)/t12-/m1/s1. The molecular weight excluding hydrogens is 224 g/mol. The maximum Gasteiger partial charge on any atom is 0.240 e. The van der Waals surface area contributed by atoms with Crippen molar-refractivity contribution >= 4 is 5.91 Å². The molecule has 0 aliphatic heterocycles. The van der Waals surface area contributed by atoms with Crippen LogP contribution in [0.25, 0.3) is 0 Å². The second-order valence-electron chi connectivity index (χ2n) is 4.51. The molecule has 1 amide bonds. The van der Waals surface area contributed by atoms with Crippen molar-refractivity contribution in [1.82, 2.24) is 5.32 Å². The minimum absolute atomic E-state index is 0.0791. The first kappa shape index (κ1) is 14.2. The van der Waals surface area contributed by atoms with Crippen LogP contribution in [0.4, 0.5) is 0 Å². The summed E-state index contributed by atoms with van der Waals surface area (Å²) in [7, 11) is 0. The Bertz CT molecular complexity index is 430. The number of nitriles is 1. The van der Waals surface area contributed by atoms with Gasteiger partial charge in [-0.3, -0.25) is 4.79 Å². The number of rotatable bonds is 5. The highest BCUT2D eigenvalue weighted by Gasteiger charge is 2.35. The van der Waals surface area contributed by atoms with Gasteiger partial charge in [0.2, 0.25) is 5.91 Å². The third-order valence-electron chi connectivity index (χ3n) is 3.50. The molecule has 0 saturated heterocycles. The molecule has 1 N–H and O–H groups in total. The van der Waals surface area contributed by atoms with E-state index in [1.54, 1.807) is 0 Å². The summed E-state index contributed by atoms with van der Waals surface area (Å²) in [4.78, 5) is 12.2. The molecule has 1 aromatic rings. The predicted molar refractivity (Wildman–Crippen MR) is 71.6 cm³/mol. The summed E-state index contributed by atoms with van der Waals surface area (Å²) >= 11 is 0. The zero-order valence-electron chi connectivity index (χ0n) is 11.2. The highest BCUT2D eigenvalue weighted by atomic mass is 16.2. The molecule has 3 heteroatoms. The van der Waals surface area contributed by atoms with Crippen molar-refractivity contribution in [1.29, 1.82) is 5.26 Å². The van der Waals surface area contributed by atoms with E-state index in [9.17, 15) is 10.1 Å². The SMILES string of the molecule is CCC(C#N)(CC)C(=O)N[C@H](C)c1ccccc1. The van der Waals surface area contributed by atoms with E-state index >= 15 is 0 Å². The molecule has 18 heavy (non-hydrogen) atoms. The minimum atomic E-state index is -0.900. The van der Waals surface area contributed by atoms with E-state index in [0.29, 0.717) is 12.8 Å². The van der Waals surface area contributed by atoms with Crippen molar-refractivity contribution in [2.24, 2.45) is 5.41 Å². The first-order valence-corrected chi connectivity index (χ1v) is 6.36. The van der Waals surface area contributed by atoms with E-state index in [1.165, 1.54) is 0 Å². The number of hydrogen-bond acceptors (Lipinski definition) is 2. The molecule has 0 unspecified atom stereocenters. The second kappa shape index (κ2) is 6.20. The first-order chi connectivity index (χ1) is 8.59. The average molecular weight is 244 g/mol. The molecule has 0 aromatic heterocycles. The number of nitrogens with one attached hydrogen (secondary N) is 1. The molecule has 0 bridgehead atoms. The van der Waals surface area contributed by atoms with Gasteiger partial charge >= 0.3 is 0 Å². The Hall–Kier alpha value is -1.82. The molecule has 0 spiro atoms. The molecule has 1 aromatic carbocycles. The van der Waals surface area contributed by atoms with Crippen LogP contribution in [0.3, 0.4) is 0 Å². The number of hydrogen-bond donors (Lipinski definition) is 1. The lowest BCUT2D eigenvalue weighted by Crippen LogP contribution is -2.40. The Labute approximate surface area is 109 Å². The van der Waals surface area contributed by atoms with Crippen LogP contribution in [0.15, 0.2) is 30.3 Å². The van der Waals surface area contributed by atoms with E-state index in [1.807, 2.05) is 51.1 Å². The zero-order chi connectivity index (χ0) is 13.6. The van der Waals surface area contributed by atoms with E-state index < -0.39 is 5.41 Å². The van der Waals surface area contributed by atoms with Crippen LogP contribution in [-0.4, -0.2) is 5.91 Å². The van der Waals surface area contributed by atoms with E-state index in [2.05, 4.69) is 11.4 Å². The summed E-state index contributed by atoms with van der Waals surface area (Å²) in [6, 6.07) is 11.8. The van der Waals surface area contributed by atoms with Crippen molar-refractivity contribution in [3.05, 3.63) is 35.9 Å². The lowest BCUT2D eigenvalue weighted by atomic mass is 9.82. The van der Waals surface area contributed by atoms with Crippen molar-refractivity contribution in [2.75, 3.05) is 0 Å². The lowest BCUT2D eigenvalue weighted by Gasteiger charge is -2.25. The topological polar surface area (TPSA) is 52.9 Å². The summed E-state index contributed by atoms with van der Waals surface area (Å²) in [5.41, 5.74) is 0.146. The van der Waals surface area contributed by atoms with E-state index in [-0.39, 0.29) is 11.9 Å². The van der Waals surface area contributed by atoms with Gasteiger partial charge in [-0.05, 0) is 25.3 Å². The largest absolute Gasteiger partial charge is 0.348 e. The van der Waals surface area contributed by atoms with Gasteiger partial charge in [0.1, 0.15) is 5.41 Å². The van der Waals surface area contributed by atoms with Crippen LogP contribution in [0.5, 0.6) is 0 Å². The van der Waals surface area contributed by atoms with E-state index in [4.69, 9.17) is 0 Å². The van der Waals surface area contributed by atoms with Gasteiger partial charge in [0, 0.05) is 0 Å². The highest BCUT2D eigenvalue weighted by Crippen LogP contribution is 2.26. The molecule has 1 rings (SSSR count). The Morgan fingerprint density at radius 3 is 2.33 bits per heavy atom. The number of nitrogens with zero attached hydrogens (tertiary/aromatic N) is 1.